The molecular formula is C4H6NaO2-. The van der Waals surface area contributed by atoms with Gasteiger partial charge in [0.15, 0.2) is 0 Å². The molecule has 36 valence electrons. The van der Waals surface area contributed by atoms with Crippen LogP contribution in [0.3, 0.4) is 0 Å². The van der Waals surface area contributed by atoms with Gasteiger partial charge in [-0.3, -0.25) is 0 Å². The molecule has 3 heteroatoms. The number of rotatable bonds is 1. The van der Waals surface area contributed by atoms with E-state index in [0.29, 0.717) is 5.57 Å². The SMILES string of the molecule is C=C(C)[C-]=O.[Na+].[OH-]. The summed E-state index contributed by atoms with van der Waals surface area (Å²) in [7, 11) is 0. The Labute approximate surface area is 65.2 Å². The minimum Gasteiger partial charge on any atom is -0.870 e. The van der Waals surface area contributed by atoms with E-state index in [-0.39, 0.29) is 35.0 Å². The summed E-state index contributed by atoms with van der Waals surface area (Å²) in [5.74, 6) is 0. The Morgan fingerprint density at radius 2 is 1.86 bits per heavy atom. The number of carbonyl (C=O) groups excluding carboxylic acids is 1. The maximum absolute atomic E-state index is 9.28. The third kappa shape index (κ3) is 21.7. The van der Waals surface area contributed by atoms with Gasteiger partial charge >= 0.3 is 29.6 Å². The summed E-state index contributed by atoms with van der Waals surface area (Å²) in [4.78, 5) is 9.28. The number of hydrogen-bond acceptors (Lipinski definition) is 2. The molecule has 0 aliphatic rings. The molecule has 0 aromatic heterocycles. The van der Waals surface area contributed by atoms with Crippen molar-refractivity contribution in [3.63, 3.8) is 0 Å². The quantitative estimate of drug-likeness (QED) is 0.212. The zero-order chi connectivity index (χ0) is 4.28. The van der Waals surface area contributed by atoms with Gasteiger partial charge in [-0.05, 0) is 6.29 Å². The van der Waals surface area contributed by atoms with E-state index in [2.05, 4.69) is 6.58 Å². The van der Waals surface area contributed by atoms with Crippen LogP contribution in [0.15, 0.2) is 12.2 Å². The summed E-state index contributed by atoms with van der Waals surface area (Å²) in [6.45, 7) is 4.85. The van der Waals surface area contributed by atoms with Crippen LogP contribution in [0.5, 0.6) is 0 Å². The monoisotopic (exact) mass is 109 g/mol. The van der Waals surface area contributed by atoms with Gasteiger partial charge in [0.05, 0.1) is 0 Å². The van der Waals surface area contributed by atoms with E-state index in [1.807, 2.05) is 0 Å². The van der Waals surface area contributed by atoms with Crippen LogP contribution < -0.4 is 29.6 Å². The third-order valence-corrected chi connectivity index (χ3v) is 0.174. The van der Waals surface area contributed by atoms with E-state index in [9.17, 15) is 4.79 Å². The Kier molecular flexibility index (Phi) is 21.5. The molecule has 0 unspecified atom stereocenters. The van der Waals surface area contributed by atoms with Gasteiger partial charge in [0.25, 0.3) is 0 Å². The maximum Gasteiger partial charge on any atom is 1.00 e. The van der Waals surface area contributed by atoms with E-state index in [1.165, 1.54) is 0 Å². The molecule has 0 aliphatic carbocycles. The van der Waals surface area contributed by atoms with Crippen molar-refractivity contribution in [2.45, 2.75) is 6.92 Å². The predicted molar refractivity (Wildman–Crippen MR) is 22.4 cm³/mol. The van der Waals surface area contributed by atoms with Crippen LogP contribution in [-0.4, -0.2) is 11.8 Å². The maximum atomic E-state index is 9.28. The molecule has 0 atom stereocenters. The van der Waals surface area contributed by atoms with Gasteiger partial charge < -0.3 is 10.3 Å². The molecule has 0 fully saturated rings. The van der Waals surface area contributed by atoms with Gasteiger partial charge in [-0.25, -0.2) is 6.58 Å². The Morgan fingerprint density at radius 1 is 1.71 bits per heavy atom. The first-order valence-electron chi connectivity index (χ1n) is 1.31. The molecule has 2 nitrogen and oxygen atoms in total. The van der Waals surface area contributed by atoms with Crippen molar-refractivity contribution in [3.8, 4) is 0 Å². The van der Waals surface area contributed by atoms with Gasteiger partial charge in [-0.1, -0.05) is 6.92 Å². The second-order valence-electron chi connectivity index (χ2n) is 0.882. The largest absolute Gasteiger partial charge is 1.00 e. The molecule has 0 bridgehead atoms. The van der Waals surface area contributed by atoms with Gasteiger partial charge in [0, 0.05) is 0 Å². The van der Waals surface area contributed by atoms with Gasteiger partial charge in [-0.2, -0.15) is 5.57 Å². The number of allylic oxidation sites excluding steroid dienone is 1. The van der Waals surface area contributed by atoms with E-state index in [1.54, 1.807) is 13.2 Å². The van der Waals surface area contributed by atoms with Crippen molar-refractivity contribution in [1.29, 1.82) is 0 Å². The fourth-order valence-electron chi connectivity index (χ4n) is 0. The molecule has 0 rings (SSSR count). The van der Waals surface area contributed by atoms with E-state index < -0.39 is 0 Å². The smallest absolute Gasteiger partial charge is 0.870 e. The molecule has 0 aromatic rings. The first kappa shape index (κ1) is 15.7. The average molecular weight is 109 g/mol. The molecule has 0 radical (unpaired) electrons. The van der Waals surface area contributed by atoms with Crippen molar-refractivity contribution in [3.05, 3.63) is 12.2 Å². The van der Waals surface area contributed by atoms with Crippen LogP contribution >= 0.6 is 0 Å². The Balaban J connectivity index is -0.0000000800. The zero-order valence-electron chi connectivity index (χ0n) is 4.56. The summed E-state index contributed by atoms with van der Waals surface area (Å²) >= 11 is 0. The van der Waals surface area contributed by atoms with Crippen LogP contribution in [-0.2, 0) is 4.79 Å². The summed E-state index contributed by atoms with van der Waals surface area (Å²) in [6, 6.07) is 0. The first-order chi connectivity index (χ1) is 2.27. The Bertz CT molecular complexity index is 60.7. The fourth-order valence-corrected chi connectivity index (χ4v) is 0. The second kappa shape index (κ2) is 9.62. The normalized spacial score (nSPS) is 4.71. The van der Waals surface area contributed by atoms with Gasteiger partial charge in [0.1, 0.15) is 0 Å². The minimum absolute atomic E-state index is 0. The Morgan fingerprint density at radius 3 is 1.86 bits per heavy atom. The van der Waals surface area contributed by atoms with E-state index in [0.717, 1.165) is 0 Å². The topological polar surface area (TPSA) is 47.1 Å². The summed E-state index contributed by atoms with van der Waals surface area (Å²) in [5.41, 5.74) is 0.449. The van der Waals surface area contributed by atoms with Crippen molar-refractivity contribution in [2.75, 3.05) is 0 Å². The number of hydrogen-bond donors (Lipinski definition) is 0. The van der Waals surface area contributed by atoms with E-state index in [4.69, 9.17) is 0 Å². The van der Waals surface area contributed by atoms with Crippen LogP contribution in [0.2, 0.25) is 0 Å². The van der Waals surface area contributed by atoms with Gasteiger partial charge in [-0.15, -0.1) is 0 Å². The van der Waals surface area contributed by atoms with E-state index >= 15 is 0 Å². The van der Waals surface area contributed by atoms with Crippen molar-refractivity contribution < 1.29 is 39.8 Å². The Hall–Kier alpha value is 0.370. The van der Waals surface area contributed by atoms with Crippen molar-refractivity contribution in [1.82, 2.24) is 0 Å². The summed E-state index contributed by atoms with van der Waals surface area (Å²) < 4.78 is 0. The third-order valence-electron chi connectivity index (χ3n) is 0.174. The molecular weight excluding hydrogens is 103 g/mol. The summed E-state index contributed by atoms with van der Waals surface area (Å²) in [5, 5.41) is 0. The molecule has 0 amide bonds. The van der Waals surface area contributed by atoms with Crippen LogP contribution in [0, 0.1) is 0 Å². The van der Waals surface area contributed by atoms with Crippen LogP contribution in [0.1, 0.15) is 6.92 Å². The molecule has 7 heavy (non-hydrogen) atoms. The van der Waals surface area contributed by atoms with Crippen LogP contribution in [0.25, 0.3) is 0 Å². The first-order valence-corrected chi connectivity index (χ1v) is 1.31. The molecule has 0 aromatic carbocycles. The fraction of sp³-hybridized carbons (Fsp3) is 0.250. The zero-order valence-corrected chi connectivity index (χ0v) is 6.56. The molecule has 0 heterocycles. The van der Waals surface area contributed by atoms with Crippen molar-refractivity contribution >= 4 is 6.29 Å². The molecule has 0 aliphatic heterocycles. The molecule has 0 saturated carbocycles. The minimum atomic E-state index is 0. The second-order valence-corrected chi connectivity index (χ2v) is 0.882. The summed E-state index contributed by atoms with van der Waals surface area (Å²) in [6.07, 6.45) is 1.58. The standard InChI is InChI=1S/C4H5O.Na.H2O/c1-4(2)3-5;;/h1H2,2H3;;1H2/q-1;+1;/p-1. The molecule has 0 spiro atoms. The molecule has 0 saturated heterocycles. The predicted octanol–water partition coefficient (Wildman–Crippen LogP) is -2.50. The van der Waals surface area contributed by atoms with Crippen LogP contribution in [0.4, 0.5) is 0 Å². The van der Waals surface area contributed by atoms with Gasteiger partial charge in [0.2, 0.25) is 0 Å². The average Bonchev–Trinajstić information content (AvgIpc) is 1.38. The van der Waals surface area contributed by atoms with Crippen molar-refractivity contribution in [2.24, 2.45) is 0 Å². The molecule has 1 N–H and O–H groups in total.